The highest BCUT2D eigenvalue weighted by atomic mass is 19.3. The fourth-order valence-corrected chi connectivity index (χ4v) is 3.46. The van der Waals surface area contributed by atoms with Crippen molar-refractivity contribution >= 4 is 23.2 Å². The number of amides is 2. The average Bonchev–Trinajstić information content (AvgIpc) is 3.01. The second-order valence-corrected chi connectivity index (χ2v) is 7.55. The van der Waals surface area contributed by atoms with Crippen molar-refractivity contribution in [2.75, 3.05) is 18.5 Å². The first kappa shape index (κ1) is 21.4. The number of aryl methyl sites for hydroxylation is 1. The van der Waals surface area contributed by atoms with Crippen molar-refractivity contribution in [3.05, 3.63) is 83.0 Å². The summed E-state index contributed by atoms with van der Waals surface area (Å²) in [5.41, 5.74) is 2.69. The first-order valence-corrected chi connectivity index (χ1v) is 10.0. The van der Waals surface area contributed by atoms with Crippen LogP contribution in [0.4, 0.5) is 20.2 Å². The predicted molar refractivity (Wildman–Crippen MR) is 116 cm³/mol. The van der Waals surface area contributed by atoms with E-state index >= 15 is 0 Å². The fourth-order valence-electron chi connectivity index (χ4n) is 3.46. The van der Waals surface area contributed by atoms with Crippen molar-refractivity contribution in [2.24, 2.45) is 0 Å². The van der Waals surface area contributed by atoms with Crippen LogP contribution in [0.5, 0.6) is 5.88 Å². The summed E-state index contributed by atoms with van der Waals surface area (Å²) in [5.74, 6) is -3.33. The number of benzene rings is 2. The number of hydrogen-bond acceptors (Lipinski definition) is 5. The first-order chi connectivity index (χ1) is 15.3. The molecule has 1 aromatic heterocycles. The number of fused-ring (bicyclic) bond motifs is 1. The Morgan fingerprint density at radius 1 is 1.00 bits per heavy atom. The van der Waals surface area contributed by atoms with E-state index in [9.17, 15) is 18.4 Å². The molecule has 0 fully saturated rings. The van der Waals surface area contributed by atoms with E-state index in [-0.39, 0.29) is 36.4 Å². The molecule has 8 heteroatoms. The molecular formula is C24H21F2N3O3. The number of nitrogens with zero attached hydrogens (tertiary/aromatic N) is 2. The summed E-state index contributed by atoms with van der Waals surface area (Å²) < 4.78 is 32.7. The number of ether oxygens (including phenoxy) is 1. The van der Waals surface area contributed by atoms with Crippen molar-refractivity contribution < 1.29 is 23.1 Å². The molecule has 1 N–H and O–H groups in total. The van der Waals surface area contributed by atoms with E-state index in [0.717, 1.165) is 17.4 Å². The summed E-state index contributed by atoms with van der Waals surface area (Å²) >= 11 is 0. The largest absolute Gasteiger partial charge is 0.474 e. The number of aromatic nitrogens is 1. The molecule has 1 aliphatic heterocycles. The van der Waals surface area contributed by atoms with Gasteiger partial charge >= 0.3 is 0 Å². The maximum absolute atomic E-state index is 13.4. The van der Waals surface area contributed by atoms with E-state index in [1.54, 1.807) is 48.7 Å². The Kier molecular flexibility index (Phi) is 5.61. The number of alkyl halides is 2. The number of anilines is 2. The summed E-state index contributed by atoms with van der Waals surface area (Å²) in [6.07, 6.45) is 1.58. The minimum atomic E-state index is -2.92. The van der Waals surface area contributed by atoms with E-state index in [1.807, 2.05) is 6.92 Å². The minimum absolute atomic E-state index is 0.0532. The highest BCUT2D eigenvalue weighted by molar-refractivity contribution is 6.21. The van der Waals surface area contributed by atoms with Gasteiger partial charge in [0.2, 0.25) is 5.88 Å². The molecule has 4 rings (SSSR count). The Morgan fingerprint density at radius 2 is 1.62 bits per heavy atom. The van der Waals surface area contributed by atoms with Gasteiger partial charge in [-0.25, -0.2) is 13.8 Å². The lowest BCUT2D eigenvalue weighted by Gasteiger charge is -2.17. The molecule has 6 nitrogen and oxygen atoms in total. The lowest BCUT2D eigenvalue weighted by molar-refractivity contribution is 0.0175. The lowest BCUT2D eigenvalue weighted by Crippen LogP contribution is -2.33. The zero-order valence-corrected chi connectivity index (χ0v) is 17.6. The van der Waals surface area contributed by atoms with Crippen LogP contribution in [0.15, 0.2) is 60.8 Å². The van der Waals surface area contributed by atoms with Gasteiger partial charge in [-0.15, -0.1) is 0 Å². The van der Waals surface area contributed by atoms with Gasteiger partial charge in [-0.1, -0.05) is 24.3 Å². The smallest absolute Gasteiger partial charge is 0.270 e. The SMILES string of the molecule is Cc1ccnc(OCCN2C(=O)c3ccccc3C2=O)c1Nc1ccc(C(C)(F)F)cc1. The van der Waals surface area contributed by atoms with Crippen molar-refractivity contribution in [1.82, 2.24) is 9.88 Å². The van der Waals surface area contributed by atoms with Gasteiger partial charge in [0.05, 0.1) is 17.7 Å². The molecule has 3 aromatic rings. The van der Waals surface area contributed by atoms with Crippen LogP contribution in [0.2, 0.25) is 0 Å². The second kappa shape index (κ2) is 8.37. The number of imide groups is 1. The van der Waals surface area contributed by atoms with Gasteiger partial charge in [-0.3, -0.25) is 14.5 Å². The van der Waals surface area contributed by atoms with E-state index in [4.69, 9.17) is 4.74 Å². The van der Waals surface area contributed by atoms with Crippen molar-refractivity contribution in [1.29, 1.82) is 0 Å². The molecule has 0 bridgehead atoms. The zero-order chi connectivity index (χ0) is 22.9. The van der Waals surface area contributed by atoms with Crippen LogP contribution < -0.4 is 10.1 Å². The topological polar surface area (TPSA) is 71.5 Å². The molecule has 2 aromatic carbocycles. The Balaban J connectivity index is 1.45. The Bertz CT molecular complexity index is 1140. The van der Waals surface area contributed by atoms with Crippen LogP contribution in [-0.4, -0.2) is 34.8 Å². The van der Waals surface area contributed by atoms with Gasteiger partial charge in [0, 0.05) is 24.4 Å². The van der Waals surface area contributed by atoms with Crippen LogP contribution in [0.25, 0.3) is 0 Å². The third-order valence-electron chi connectivity index (χ3n) is 5.22. The summed E-state index contributed by atoms with van der Waals surface area (Å²) in [5, 5.41) is 3.15. The summed E-state index contributed by atoms with van der Waals surface area (Å²) in [7, 11) is 0. The molecule has 32 heavy (non-hydrogen) atoms. The first-order valence-electron chi connectivity index (χ1n) is 10.0. The predicted octanol–water partition coefficient (Wildman–Crippen LogP) is 4.92. The Labute approximate surface area is 183 Å². The fraction of sp³-hybridized carbons (Fsp3) is 0.208. The number of carbonyl (C=O) groups excluding carboxylic acids is 2. The van der Waals surface area contributed by atoms with E-state index in [1.165, 1.54) is 12.1 Å². The third-order valence-corrected chi connectivity index (χ3v) is 5.22. The Hall–Kier alpha value is -3.81. The van der Waals surface area contributed by atoms with Crippen LogP contribution in [-0.2, 0) is 5.92 Å². The lowest BCUT2D eigenvalue weighted by atomic mass is 10.1. The minimum Gasteiger partial charge on any atom is -0.474 e. The molecule has 2 amide bonds. The van der Waals surface area contributed by atoms with Crippen molar-refractivity contribution in [3.63, 3.8) is 0 Å². The number of hydrogen-bond donors (Lipinski definition) is 1. The molecule has 0 saturated heterocycles. The van der Waals surface area contributed by atoms with Gasteiger partial charge in [-0.05, 0) is 42.8 Å². The number of halogens is 2. The third kappa shape index (κ3) is 4.16. The molecule has 0 radical (unpaired) electrons. The molecular weight excluding hydrogens is 416 g/mol. The molecule has 0 saturated carbocycles. The van der Waals surface area contributed by atoms with Crippen LogP contribution in [0.3, 0.4) is 0 Å². The maximum atomic E-state index is 13.4. The van der Waals surface area contributed by atoms with E-state index in [2.05, 4.69) is 10.3 Å². The van der Waals surface area contributed by atoms with Gasteiger partial charge < -0.3 is 10.1 Å². The van der Waals surface area contributed by atoms with Crippen LogP contribution >= 0.6 is 0 Å². The monoisotopic (exact) mass is 437 g/mol. The molecule has 0 atom stereocenters. The molecule has 164 valence electrons. The molecule has 2 heterocycles. The standard InChI is InChI=1S/C24H21F2N3O3/c1-15-11-12-27-21(20(15)28-17-9-7-16(8-10-17)24(2,25)26)32-14-13-29-22(30)18-5-3-4-6-19(18)23(29)31/h3-12,28H,13-14H2,1-2H3. The highest BCUT2D eigenvalue weighted by Crippen LogP contribution is 2.32. The molecule has 0 aliphatic carbocycles. The quantitative estimate of drug-likeness (QED) is 0.531. The normalized spacial score (nSPS) is 13.3. The van der Waals surface area contributed by atoms with Gasteiger partial charge in [0.15, 0.2) is 0 Å². The number of rotatable bonds is 7. The van der Waals surface area contributed by atoms with Crippen molar-refractivity contribution in [3.8, 4) is 5.88 Å². The molecule has 1 aliphatic rings. The van der Waals surface area contributed by atoms with Gasteiger partial charge in [-0.2, -0.15) is 0 Å². The molecule has 0 spiro atoms. The molecule has 0 unspecified atom stereocenters. The summed E-state index contributed by atoms with van der Waals surface area (Å²) in [4.78, 5) is 30.3. The summed E-state index contributed by atoms with van der Waals surface area (Å²) in [6.45, 7) is 2.83. The highest BCUT2D eigenvalue weighted by Gasteiger charge is 2.34. The summed E-state index contributed by atoms with van der Waals surface area (Å²) in [6, 6.07) is 14.3. The van der Waals surface area contributed by atoms with E-state index in [0.29, 0.717) is 22.5 Å². The van der Waals surface area contributed by atoms with Gasteiger partial charge in [0.1, 0.15) is 12.3 Å². The van der Waals surface area contributed by atoms with Crippen LogP contribution in [0.1, 0.15) is 38.8 Å². The zero-order valence-electron chi connectivity index (χ0n) is 17.6. The van der Waals surface area contributed by atoms with Gasteiger partial charge in [0.25, 0.3) is 17.7 Å². The second-order valence-electron chi connectivity index (χ2n) is 7.55. The number of pyridine rings is 1. The Morgan fingerprint density at radius 3 is 2.22 bits per heavy atom. The maximum Gasteiger partial charge on any atom is 0.270 e. The average molecular weight is 437 g/mol. The number of carbonyl (C=O) groups is 2. The van der Waals surface area contributed by atoms with E-state index < -0.39 is 5.92 Å². The van der Waals surface area contributed by atoms with Crippen LogP contribution in [0, 0.1) is 6.92 Å². The van der Waals surface area contributed by atoms with Crippen molar-refractivity contribution in [2.45, 2.75) is 19.8 Å². The number of nitrogens with one attached hydrogen (secondary N) is 1.